The molecule has 0 amide bonds. The lowest BCUT2D eigenvalue weighted by atomic mass is 10.2. The van der Waals surface area contributed by atoms with E-state index in [4.69, 9.17) is 0 Å². The number of piperidine rings is 1. The molecule has 0 aromatic heterocycles. The first-order valence-corrected chi connectivity index (χ1v) is 10.6. The van der Waals surface area contributed by atoms with Crippen molar-refractivity contribution in [2.24, 2.45) is 4.99 Å². The van der Waals surface area contributed by atoms with E-state index in [1.807, 2.05) is 12.1 Å². The number of unbranched alkanes of at least 4 members (excludes halogenated alkanes) is 1. The quantitative estimate of drug-likeness (QED) is 0.265. The van der Waals surface area contributed by atoms with Crippen molar-refractivity contribution in [2.45, 2.75) is 50.5 Å². The van der Waals surface area contributed by atoms with Gasteiger partial charge in [-0.15, -0.1) is 24.0 Å². The molecule has 0 radical (unpaired) electrons. The predicted molar refractivity (Wildman–Crippen MR) is 118 cm³/mol. The monoisotopic (exact) mass is 494 g/mol. The highest BCUT2D eigenvalue weighted by Gasteiger charge is 2.27. The summed E-state index contributed by atoms with van der Waals surface area (Å²) in [6, 6.07) is 7.23. The highest BCUT2D eigenvalue weighted by Crippen LogP contribution is 2.23. The van der Waals surface area contributed by atoms with Gasteiger partial charge in [-0.2, -0.15) is 4.31 Å². The van der Waals surface area contributed by atoms with Crippen LogP contribution in [-0.2, 0) is 16.6 Å². The molecule has 1 fully saturated rings. The van der Waals surface area contributed by atoms with Crippen LogP contribution in [0.15, 0.2) is 34.2 Å². The van der Waals surface area contributed by atoms with Gasteiger partial charge in [-0.3, -0.25) is 4.99 Å². The van der Waals surface area contributed by atoms with E-state index in [2.05, 4.69) is 22.5 Å². The molecule has 2 rings (SSSR count). The number of hydrogen-bond acceptors (Lipinski definition) is 3. The SMILES string of the molecule is CCCCNC(=NC)NCc1ccccc1S(=O)(=O)N1CCCCC1.I. The van der Waals surface area contributed by atoms with Gasteiger partial charge in [0.15, 0.2) is 5.96 Å². The van der Waals surface area contributed by atoms with Gasteiger partial charge in [-0.05, 0) is 30.9 Å². The topological polar surface area (TPSA) is 73.8 Å². The molecule has 0 spiro atoms. The third-order valence-corrected chi connectivity index (χ3v) is 6.40. The summed E-state index contributed by atoms with van der Waals surface area (Å²) in [5.74, 6) is 0.693. The van der Waals surface area contributed by atoms with Gasteiger partial charge < -0.3 is 10.6 Å². The lowest BCUT2D eigenvalue weighted by Gasteiger charge is -2.27. The van der Waals surface area contributed by atoms with Crippen molar-refractivity contribution in [1.82, 2.24) is 14.9 Å². The van der Waals surface area contributed by atoms with E-state index < -0.39 is 10.0 Å². The molecule has 1 aliphatic rings. The van der Waals surface area contributed by atoms with E-state index in [0.29, 0.717) is 30.5 Å². The van der Waals surface area contributed by atoms with Gasteiger partial charge in [-0.1, -0.05) is 38.0 Å². The summed E-state index contributed by atoms with van der Waals surface area (Å²) >= 11 is 0. The number of hydrogen-bond donors (Lipinski definition) is 2. The predicted octanol–water partition coefficient (Wildman–Crippen LogP) is 2.94. The third kappa shape index (κ3) is 6.38. The van der Waals surface area contributed by atoms with Crippen LogP contribution < -0.4 is 10.6 Å². The minimum Gasteiger partial charge on any atom is -0.356 e. The Morgan fingerprint density at radius 3 is 2.50 bits per heavy atom. The molecular weight excluding hydrogens is 463 g/mol. The highest BCUT2D eigenvalue weighted by molar-refractivity contribution is 14.0. The number of benzene rings is 1. The molecule has 26 heavy (non-hydrogen) atoms. The standard InChI is InChI=1S/C18H30N4O2S.HI/c1-3-4-12-20-18(19-2)21-15-16-10-6-7-11-17(16)25(23,24)22-13-8-5-9-14-22;/h6-7,10-11H,3-5,8-9,12-15H2,1-2H3,(H2,19,20,21);1H. The number of guanidine groups is 1. The van der Waals surface area contributed by atoms with E-state index in [0.717, 1.165) is 44.2 Å². The molecule has 0 aliphatic carbocycles. The average Bonchev–Trinajstić information content (AvgIpc) is 2.65. The summed E-state index contributed by atoms with van der Waals surface area (Å²) in [5.41, 5.74) is 0.770. The van der Waals surface area contributed by atoms with Crippen molar-refractivity contribution < 1.29 is 8.42 Å². The Morgan fingerprint density at radius 1 is 1.15 bits per heavy atom. The summed E-state index contributed by atoms with van der Waals surface area (Å²) in [7, 11) is -1.72. The second-order valence-electron chi connectivity index (χ2n) is 6.28. The average molecular weight is 494 g/mol. The van der Waals surface area contributed by atoms with E-state index in [1.54, 1.807) is 23.5 Å². The second kappa shape index (κ2) is 11.8. The maximum Gasteiger partial charge on any atom is 0.243 e. The number of sulfonamides is 1. The van der Waals surface area contributed by atoms with Crippen LogP contribution >= 0.6 is 24.0 Å². The van der Waals surface area contributed by atoms with E-state index in [1.165, 1.54) is 0 Å². The third-order valence-electron chi connectivity index (χ3n) is 4.40. The number of aliphatic imine (C=N–C) groups is 1. The molecule has 1 saturated heterocycles. The van der Waals surface area contributed by atoms with Crippen LogP contribution in [0.2, 0.25) is 0 Å². The number of nitrogens with one attached hydrogen (secondary N) is 2. The van der Waals surface area contributed by atoms with E-state index >= 15 is 0 Å². The summed E-state index contributed by atoms with van der Waals surface area (Å²) in [6.07, 6.45) is 5.16. The molecule has 1 aliphatic heterocycles. The van der Waals surface area contributed by atoms with Crippen molar-refractivity contribution in [3.8, 4) is 0 Å². The minimum absolute atomic E-state index is 0. The number of rotatable bonds is 7. The molecule has 0 saturated carbocycles. The Hall–Kier alpha value is -0.870. The van der Waals surface area contributed by atoms with Gasteiger partial charge in [0, 0.05) is 33.2 Å². The molecule has 148 valence electrons. The zero-order valence-corrected chi connectivity index (χ0v) is 18.8. The summed E-state index contributed by atoms with van der Waals surface area (Å²) in [5, 5.41) is 6.46. The summed E-state index contributed by atoms with van der Waals surface area (Å²) in [4.78, 5) is 4.59. The normalized spacial score (nSPS) is 16.0. The largest absolute Gasteiger partial charge is 0.356 e. The maximum absolute atomic E-state index is 13.0. The fourth-order valence-corrected chi connectivity index (χ4v) is 4.67. The fraction of sp³-hybridized carbons (Fsp3) is 0.611. The van der Waals surface area contributed by atoms with Crippen LogP contribution in [0.25, 0.3) is 0 Å². The Kier molecular flexibility index (Phi) is 10.5. The molecule has 8 heteroatoms. The Bertz CT molecular complexity index is 674. The fourth-order valence-electron chi connectivity index (χ4n) is 2.93. The van der Waals surface area contributed by atoms with Crippen LogP contribution in [0.1, 0.15) is 44.6 Å². The molecule has 2 N–H and O–H groups in total. The zero-order valence-electron chi connectivity index (χ0n) is 15.7. The van der Waals surface area contributed by atoms with Crippen molar-refractivity contribution in [3.63, 3.8) is 0 Å². The Balaban J connectivity index is 0.00000338. The van der Waals surface area contributed by atoms with Crippen LogP contribution in [0, 0.1) is 0 Å². The summed E-state index contributed by atoms with van der Waals surface area (Å²) in [6.45, 7) is 4.65. The molecule has 1 aromatic rings. The molecule has 1 aromatic carbocycles. The first kappa shape index (κ1) is 23.2. The van der Waals surface area contributed by atoms with E-state index in [9.17, 15) is 8.42 Å². The smallest absolute Gasteiger partial charge is 0.243 e. The van der Waals surface area contributed by atoms with Crippen molar-refractivity contribution in [1.29, 1.82) is 0 Å². The molecule has 0 unspecified atom stereocenters. The maximum atomic E-state index is 13.0. The van der Waals surface area contributed by atoms with Gasteiger partial charge in [0.1, 0.15) is 0 Å². The zero-order chi connectivity index (χ0) is 18.1. The molecule has 1 heterocycles. The van der Waals surface area contributed by atoms with E-state index in [-0.39, 0.29) is 24.0 Å². The second-order valence-corrected chi connectivity index (χ2v) is 8.18. The Morgan fingerprint density at radius 2 is 1.85 bits per heavy atom. The lowest BCUT2D eigenvalue weighted by molar-refractivity contribution is 0.346. The first-order valence-electron chi connectivity index (χ1n) is 9.12. The highest BCUT2D eigenvalue weighted by atomic mass is 127. The molecular formula is C18H31IN4O2S. The minimum atomic E-state index is -3.44. The van der Waals surface area contributed by atoms with Gasteiger partial charge in [-0.25, -0.2) is 8.42 Å². The van der Waals surface area contributed by atoms with Crippen molar-refractivity contribution >= 4 is 40.0 Å². The summed E-state index contributed by atoms with van der Waals surface area (Å²) < 4.78 is 27.6. The van der Waals surface area contributed by atoms with Crippen molar-refractivity contribution in [3.05, 3.63) is 29.8 Å². The first-order chi connectivity index (χ1) is 12.1. The Labute approximate surface area is 174 Å². The van der Waals surface area contributed by atoms with Crippen LogP contribution in [0.5, 0.6) is 0 Å². The molecule has 0 bridgehead atoms. The van der Waals surface area contributed by atoms with Crippen LogP contribution in [0.4, 0.5) is 0 Å². The van der Waals surface area contributed by atoms with Gasteiger partial charge in [0.2, 0.25) is 10.0 Å². The van der Waals surface area contributed by atoms with Crippen LogP contribution in [-0.4, -0.2) is 45.4 Å². The number of halogens is 1. The molecule has 6 nitrogen and oxygen atoms in total. The number of nitrogens with zero attached hydrogens (tertiary/aromatic N) is 2. The molecule has 0 atom stereocenters. The van der Waals surface area contributed by atoms with Gasteiger partial charge in [0.25, 0.3) is 0 Å². The van der Waals surface area contributed by atoms with Gasteiger partial charge in [0.05, 0.1) is 4.90 Å². The van der Waals surface area contributed by atoms with Crippen LogP contribution in [0.3, 0.4) is 0 Å². The van der Waals surface area contributed by atoms with Crippen molar-refractivity contribution in [2.75, 3.05) is 26.7 Å². The van der Waals surface area contributed by atoms with Gasteiger partial charge >= 0.3 is 0 Å². The lowest BCUT2D eigenvalue weighted by Crippen LogP contribution is -2.38.